The summed E-state index contributed by atoms with van der Waals surface area (Å²) in [5.74, 6) is 0.517. The molecular formula is C17H19BrN2O2. The fourth-order valence-corrected chi connectivity index (χ4v) is 3.20. The lowest BCUT2D eigenvalue weighted by Gasteiger charge is -2.42. The zero-order chi connectivity index (χ0) is 15.6. The van der Waals surface area contributed by atoms with Crippen LogP contribution in [-0.2, 0) is 12.0 Å². The summed E-state index contributed by atoms with van der Waals surface area (Å²) in [5.41, 5.74) is 7.38. The summed E-state index contributed by atoms with van der Waals surface area (Å²) >= 11 is 3.46. The number of hydrogen-bond acceptors (Lipinski definition) is 3. The molecule has 3 rings (SSSR count). The van der Waals surface area contributed by atoms with E-state index in [0.29, 0.717) is 24.4 Å². The van der Waals surface area contributed by atoms with Gasteiger partial charge >= 0.3 is 0 Å². The third kappa shape index (κ3) is 2.96. The number of nitrogens with one attached hydrogen (secondary N) is 1. The van der Waals surface area contributed by atoms with Gasteiger partial charge in [0, 0.05) is 16.4 Å². The van der Waals surface area contributed by atoms with Gasteiger partial charge in [0.05, 0.1) is 12.1 Å². The first-order chi connectivity index (χ1) is 10.6. The second kappa shape index (κ2) is 6.26. The molecule has 0 saturated heterocycles. The Morgan fingerprint density at radius 3 is 2.59 bits per heavy atom. The topological polar surface area (TPSA) is 68.3 Å². The molecule has 0 radical (unpaired) electrons. The minimum Gasteiger partial charge on any atom is -0.467 e. The molecule has 0 atom stereocenters. The highest BCUT2D eigenvalue weighted by Crippen LogP contribution is 2.43. The number of amides is 1. The molecule has 5 heteroatoms. The number of nitrogens with two attached hydrogens (primary N) is 1. The second-order valence-corrected chi connectivity index (χ2v) is 6.74. The van der Waals surface area contributed by atoms with E-state index in [1.54, 1.807) is 6.07 Å². The second-order valence-electron chi connectivity index (χ2n) is 5.83. The molecule has 1 aliphatic carbocycles. The molecule has 1 amide bonds. The normalized spacial score (nSPS) is 16.1. The Balaban J connectivity index is 1.68. The molecule has 116 valence electrons. The van der Waals surface area contributed by atoms with Crippen LogP contribution in [-0.4, -0.2) is 12.5 Å². The minimum absolute atomic E-state index is 0.0663. The average molecular weight is 363 g/mol. The lowest BCUT2D eigenvalue weighted by molar-refractivity contribution is 0.0927. The van der Waals surface area contributed by atoms with Crippen molar-refractivity contribution in [3.63, 3.8) is 0 Å². The van der Waals surface area contributed by atoms with Crippen molar-refractivity contribution in [2.75, 3.05) is 6.54 Å². The van der Waals surface area contributed by atoms with E-state index in [0.717, 1.165) is 17.3 Å². The van der Waals surface area contributed by atoms with Crippen molar-refractivity contribution in [3.8, 4) is 0 Å². The van der Waals surface area contributed by atoms with Gasteiger partial charge in [0.2, 0.25) is 0 Å². The molecule has 1 fully saturated rings. The van der Waals surface area contributed by atoms with E-state index in [9.17, 15) is 4.79 Å². The summed E-state index contributed by atoms with van der Waals surface area (Å²) < 4.78 is 6.29. The highest BCUT2D eigenvalue weighted by atomic mass is 79.9. The molecule has 4 nitrogen and oxygen atoms in total. The summed E-state index contributed by atoms with van der Waals surface area (Å²) in [6.07, 6.45) is 4.88. The first kappa shape index (κ1) is 15.3. The number of benzene rings is 1. The van der Waals surface area contributed by atoms with Gasteiger partial charge in [-0.15, -0.1) is 0 Å². The molecule has 1 aromatic heterocycles. The van der Waals surface area contributed by atoms with Crippen molar-refractivity contribution in [2.45, 2.75) is 31.2 Å². The van der Waals surface area contributed by atoms with E-state index in [1.807, 2.05) is 0 Å². The Bertz CT molecular complexity index is 660. The summed E-state index contributed by atoms with van der Waals surface area (Å²) in [6, 6.07) is 10.1. The van der Waals surface area contributed by atoms with Gasteiger partial charge in [0.25, 0.3) is 5.91 Å². The number of halogens is 1. The highest BCUT2D eigenvalue weighted by molar-refractivity contribution is 9.10. The van der Waals surface area contributed by atoms with Gasteiger partial charge in [-0.2, -0.15) is 0 Å². The third-order valence-corrected chi connectivity index (χ3v) is 5.00. The van der Waals surface area contributed by atoms with Crippen molar-refractivity contribution in [3.05, 3.63) is 58.0 Å². The van der Waals surface area contributed by atoms with E-state index < -0.39 is 0 Å². The zero-order valence-corrected chi connectivity index (χ0v) is 13.9. The predicted molar refractivity (Wildman–Crippen MR) is 88.6 cm³/mol. The molecule has 2 aromatic rings. The van der Waals surface area contributed by atoms with Crippen molar-refractivity contribution in [1.82, 2.24) is 5.32 Å². The predicted octanol–water partition coefficient (Wildman–Crippen LogP) is 3.35. The van der Waals surface area contributed by atoms with Crippen LogP contribution >= 0.6 is 15.9 Å². The molecule has 22 heavy (non-hydrogen) atoms. The van der Waals surface area contributed by atoms with Crippen LogP contribution in [0.1, 0.15) is 40.9 Å². The van der Waals surface area contributed by atoms with Crippen LogP contribution in [0.4, 0.5) is 0 Å². The zero-order valence-electron chi connectivity index (χ0n) is 12.3. The lowest BCUT2D eigenvalue weighted by atomic mass is 9.64. The molecule has 0 unspecified atom stereocenters. The maximum atomic E-state index is 12.2. The van der Waals surface area contributed by atoms with Gasteiger partial charge in [-0.25, -0.2) is 0 Å². The fraction of sp³-hybridized carbons (Fsp3) is 0.353. The largest absolute Gasteiger partial charge is 0.467 e. The van der Waals surface area contributed by atoms with E-state index in [2.05, 4.69) is 45.5 Å². The summed E-state index contributed by atoms with van der Waals surface area (Å²) in [5, 5.41) is 3.04. The van der Waals surface area contributed by atoms with Crippen LogP contribution in [0.25, 0.3) is 0 Å². The Morgan fingerprint density at radius 1 is 1.32 bits per heavy atom. The minimum atomic E-state index is -0.105. The molecule has 0 spiro atoms. The Morgan fingerprint density at radius 2 is 2.05 bits per heavy atom. The van der Waals surface area contributed by atoms with E-state index in [4.69, 9.17) is 10.2 Å². The van der Waals surface area contributed by atoms with Crippen molar-refractivity contribution < 1.29 is 9.21 Å². The Kier molecular flexibility index (Phi) is 4.36. The van der Waals surface area contributed by atoms with Crippen LogP contribution in [0.5, 0.6) is 0 Å². The molecule has 0 aliphatic heterocycles. The van der Waals surface area contributed by atoms with Crippen LogP contribution in [0.2, 0.25) is 0 Å². The monoisotopic (exact) mass is 362 g/mol. The summed E-state index contributed by atoms with van der Waals surface area (Å²) in [7, 11) is 0. The third-order valence-electron chi connectivity index (χ3n) is 4.47. The maximum absolute atomic E-state index is 12.2. The number of furan rings is 1. The van der Waals surface area contributed by atoms with Gasteiger partial charge < -0.3 is 15.5 Å². The summed E-state index contributed by atoms with van der Waals surface area (Å²) in [4.78, 5) is 12.2. The molecule has 0 bridgehead atoms. The number of hydrogen-bond donors (Lipinski definition) is 2. The summed E-state index contributed by atoms with van der Waals surface area (Å²) in [6.45, 7) is 0.951. The smallest absolute Gasteiger partial charge is 0.254 e. The van der Waals surface area contributed by atoms with Gasteiger partial charge in [0.15, 0.2) is 0 Å². The standard InChI is InChI=1S/C17H19BrN2O2/c18-14-4-2-13(3-5-14)17(6-1-7-17)11-20-16(21)12-8-15(9-19)22-10-12/h2-5,8,10H,1,6-7,9,11,19H2,(H,20,21). The van der Waals surface area contributed by atoms with E-state index in [-0.39, 0.29) is 11.3 Å². The van der Waals surface area contributed by atoms with Crippen molar-refractivity contribution in [1.29, 1.82) is 0 Å². The highest BCUT2D eigenvalue weighted by Gasteiger charge is 2.38. The average Bonchev–Trinajstić information content (AvgIpc) is 2.96. The number of carbonyl (C=O) groups excluding carboxylic acids is 1. The molecular weight excluding hydrogens is 344 g/mol. The Hall–Kier alpha value is -1.59. The molecule has 1 heterocycles. The Labute approximate surface area is 138 Å². The molecule has 1 saturated carbocycles. The first-order valence-electron chi connectivity index (χ1n) is 7.45. The SMILES string of the molecule is NCc1cc(C(=O)NCC2(c3ccc(Br)cc3)CCC2)co1. The van der Waals surface area contributed by atoms with Gasteiger partial charge in [0.1, 0.15) is 12.0 Å². The molecule has 3 N–H and O–H groups in total. The quantitative estimate of drug-likeness (QED) is 0.856. The van der Waals surface area contributed by atoms with Gasteiger partial charge in [-0.1, -0.05) is 34.5 Å². The van der Waals surface area contributed by atoms with E-state index in [1.165, 1.54) is 18.2 Å². The number of rotatable bonds is 5. The van der Waals surface area contributed by atoms with Crippen LogP contribution in [0, 0.1) is 0 Å². The van der Waals surface area contributed by atoms with Crippen LogP contribution in [0.3, 0.4) is 0 Å². The van der Waals surface area contributed by atoms with Crippen molar-refractivity contribution >= 4 is 21.8 Å². The van der Waals surface area contributed by atoms with Crippen molar-refractivity contribution in [2.24, 2.45) is 5.73 Å². The van der Waals surface area contributed by atoms with Crippen LogP contribution in [0.15, 0.2) is 45.5 Å². The van der Waals surface area contributed by atoms with Gasteiger partial charge in [-0.3, -0.25) is 4.79 Å². The first-order valence-corrected chi connectivity index (χ1v) is 8.24. The van der Waals surface area contributed by atoms with E-state index >= 15 is 0 Å². The number of carbonyl (C=O) groups is 1. The van der Waals surface area contributed by atoms with Gasteiger partial charge in [-0.05, 0) is 36.6 Å². The molecule has 1 aliphatic rings. The maximum Gasteiger partial charge on any atom is 0.254 e. The van der Waals surface area contributed by atoms with Crippen LogP contribution < -0.4 is 11.1 Å². The lowest BCUT2D eigenvalue weighted by Crippen LogP contribution is -2.45. The molecule has 1 aromatic carbocycles. The fourth-order valence-electron chi connectivity index (χ4n) is 2.93.